The van der Waals surface area contributed by atoms with Crippen LogP contribution in [0.25, 0.3) is 0 Å². The Labute approximate surface area is 111 Å². The SMILES string of the molecule is Fc1ccc(Cc2cc(Cl)ncn2)cc1C(F)(F)F. The Morgan fingerprint density at radius 3 is 2.47 bits per heavy atom. The van der Waals surface area contributed by atoms with Crippen molar-refractivity contribution in [3.8, 4) is 0 Å². The second-order valence-corrected chi connectivity index (χ2v) is 4.21. The largest absolute Gasteiger partial charge is 0.419 e. The maximum Gasteiger partial charge on any atom is 0.419 e. The summed E-state index contributed by atoms with van der Waals surface area (Å²) in [5, 5.41) is 0.197. The Morgan fingerprint density at radius 2 is 1.84 bits per heavy atom. The first kappa shape index (κ1) is 13.7. The van der Waals surface area contributed by atoms with Gasteiger partial charge in [0.2, 0.25) is 0 Å². The molecule has 0 aliphatic carbocycles. The predicted molar refractivity (Wildman–Crippen MR) is 61.3 cm³/mol. The summed E-state index contributed by atoms with van der Waals surface area (Å²) in [6.45, 7) is 0. The van der Waals surface area contributed by atoms with E-state index in [1.165, 1.54) is 18.5 Å². The molecule has 0 unspecified atom stereocenters. The fourth-order valence-corrected chi connectivity index (χ4v) is 1.75. The Bertz CT molecular complexity index is 599. The minimum Gasteiger partial charge on any atom is -0.241 e. The highest BCUT2D eigenvalue weighted by Crippen LogP contribution is 2.32. The Kier molecular flexibility index (Phi) is 3.71. The second-order valence-electron chi connectivity index (χ2n) is 3.82. The van der Waals surface area contributed by atoms with Gasteiger partial charge < -0.3 is 0 Å². The highest BCUT2D eigenvalue weighted by Gasteiger charge is 2.34. The molecule has 2 rings (SSSR count). The minimum atomic E-state index is -4.72. The van der Waals surface area contributed by atoms with E-state index in [2.05, 4.69) is 9.97 Å². The Hall–Kier alpha value is -1.69. The molecule has 1 aromatic heterocycles. The van der Waals surface area contributed by atoms with Gasteiger partial charge in [0, 0.05) is 12.1 Å². The van der Waals surface area contributed by atoms with Crippen molar-refractivity contribution in [2.75, 3.05) is 0 Å². The average molecular weight is 291 g/mol. The first-order valence-corrected chi connectivity index (χ1v) is 5.56. The van der Waals surface area contributed by atoms with Crippen molar-refractivity contribution in [1.82, 2.24) is 9.97 Å². The third-order valence-electron chi connectivity index (χ3n) is 2.41. The highest BCUT2D eigenvalue weighted by atomic mass is 35.5. The molecule has 7 heteroatoms. The molecule has 0 atom stereocenters. The van der Waals surface area contributed by atoms with E-state index >= 15 is 0 Å². The van der Waals surface area contributed by atoms with Crippen molar-refractivity contribution in [3.63, 3.8) is 0 Å². The van der Waals surface area contributed by atoms with Crippen molar-refractivity contribution in [3.05, 3.63) is 58.4 Å². The molecule has 0 aliphatic heterocycles. The third kappa shape index (κ3) is 3.41. The van der Waals surface area contributed by atoms with E-state index in [-0.39, 0.29) is 11.6 Å². The summed E-state index contributed by atoms with van der Waals surface area (Å²) in [5.74, 6) is -1.29. The summed E-state index contributed by atoms with van der Waals surface area (Å²) in [4.78, 5) is 7.55. The topological polar surface area (TPSA) is 25.8 Å². The fourth-order valence-electron chi connectivity index (χ4n) is 1.58. The summed E-state index contributed by atoms with van der Waals surface area (Å²) in [7, 11) is 0. The van der Waals surface area contributed by atoms with Crippen LogP contribution in [-0.2, 0) is 12.6 Å². The van der Waals surface area contributed by atoms with Gasteiger partial charge in [-0.3, -0.25) is 0 Å². The van der Waals surface area contributed by atoms with Gasteiger partial charge in [0.15, 0.2) is 0 Å². The van der Waals surface area contributed by atoms with Gasteiger partial charge in [-0.2, -0.15) is 13.2 Å². The van der Waals surface area contributed by atoms with Crippen molar-refractivity contribution < 1.29 is 17.6 Å². The number of hydrogen-bond donors (Lipinski definition) is 0. The smallest absolute Gasteiger partial charge is 0.241 e. The van der Waals surface area contributed by atoms with Crippen LogP contribution in [-0.4, -0.2) is 9.97 Å². The third-order valence-corrected chi connectivity index (χ3v) is 2.62. The normalized spacial score (nSPS) is 11.6. The standard InChI is InChI=1S/C12H7ClF4N2/c13-11-5-8(18-6-19-11)3-7-1-2-10(14)9(4-7)12(15,16)17/h1-2,4-6H,3H2. The van der Waals surface area contributed by atoms with Crippen LogP contribution in [0.1, 0.15) is 16.8 Å². The first-order chi connectivity index (χ1) is 8.86. The van der Waals surface area contributed by atoms with E-state index in [9.17, 15) is 17.6 Å². The molecule has 0 saturated heterocycles. The molecule has 0 N–H and O–H groups in total. The monoisotopic (exact) mass is 290 g/mol. The Morgan fingerprint density at radius 1 is 1.11 bits per heavy atom. The van der Waals surface area contributed by atoms with Crippen molar-refractivity contribution >= 4 is 11.6 Å². The predicted octanol–water partition coefficient (Wildman–Crippen LogP) is 3.88. The molecular weight excluding hydrogens is 284 g/mol. The zero-order valence-corrected chi connectivity index (χ0v) is 10.1. The molecule has 1 aromatic carbocycles. The molecule has 100 valence electrons. The number of halogens is 5. The van der Waals surface area contributed by atoms with E-state index < -0.39 is 17.6 Å². The van der Waals surface area contributed by atoms with Crippen LogP contribution >= 0.6 is 11.6 Å². The molecule has 0 bridgehead atoms. The maximum atomic E-state index is 13.1. The van der Waals surface area contributed by atoms with Crippen molar-refractivity contribution in [1.29, 1.82) is 0 Å². The van der Waals surface area contributed by atoms with Gasteiger partial charge in [0.05, 0.1) is 5.56 Å². The number of aromatic nitrogens is 2. The first-order valence-electron chi connectivity index (χ1n) is 5.18. The quantitative estimate of drug-likeness (QED) is 0.619. The van der Waals surface area contributed by atoms with Crippen LogP contribution in [0.2, 0.25) is 5.15 Å². The lowest BCUT2D eigenvalue weighted by Gasteiger charge is -2.10. The fraction of sp³-hybridized carbons (Fsp3) is 0.167. The van der Waals surface area contributed by atoms with Gasteiger partial charge in [0.1, 0.15) is 17.3 Å². The lowest BCUT2D eigenvalue weighted by molar-refractivity contribution is -0.140. The number of rotatable bonds is 2. The minimum absolute atomic E-state index is 0.117. The van der Waals surface area contributed by atoms with Gasteiger partial charge in [-0.15, -0.1) is 0 Å². The van der Waals surface area contributed by atoms with Gasteiger partial charge in [-0.05, 0) is 23.8 Å². The van der Waals surface area contributed by atoms with Crippen LogP contribution < -0.4 is 0 Å². The average Bonchev–Trinajstić information content (AvgIpc) is 2.30. The van der Waals surface area contributed by atoms with Crippen LogP contribution in [0, 0.1) is 5.82 Å². The second kappa shape index (κ2) is 5.13. The summed E-state index contributed by atoms with van der Waals surface area (Å²) in [6, 6.07) is 4.28. The number of nitrogens with zero attached hydrogens (tertiary/aromatic N) is 2. The number of hydrogen-bond acceptors (Lipinski definition) is 2. The number of benzene rings is 1. The molecule has 0 fully saturated rings. The van der Waals surface area contributed by atoms with Crippen molar-refractivity contribution in [2.24, 2.45) is 0 Å². The molecule has 0 saturated carbocycles. The van der Waals surface area contributed by atoms with E-state index in [0.29, 0.717) is 11.3 Å². The number of alkyl halides is 3. The lowest BCUT2D eigenvalue weighted by atomic mass is 10.1. The molecule has 2 aromatic rings. The van der Waals surface area contributed by atoms with Gasteiger partial charge in [0.25, 0.3) is 0 Å². The van der Waals surface area contributed by atoms with Gasteiger partial charge >= 0.3 is 6.18 Å². The molecule has 0 spiro atoms. The van der Waals surface area contributed by atoms with E-state index in [1.54, 1.807) is 0 Å². The van der Waals surface area contributed by atoms with Crippen LogP contribution in [0.15, 0.2) is 30.6 Å². The van der Waals surface area contributed by atoms with E-state index in [1.807, 2.05) is 0 Å². The molecule has 0 aliphatic rings. The summed E-state index contributed by atoms with van der Waals surface area (Å²) < 4.78 is 50.7. The van der Waals surface area contributed by atoms with Gasteiger partial charge in [-0.25, -0.2) is 14.4 Å². The molecular formula is C12H7ClF4N2. The molecule has 19 heavy (non-hydrogen) atoms. The maximum absolute atomic E-state index is 13.1. The van der Waals surface area contributed by atoms with E-state index in [4.69, 9.17) is 11.6 Å². The molecule has 1 heterocycles. The summed E-state index contributed by atoms with van der Waals surface area (Å²) in [6.07, 6.45) is -3.39. The lowest BCUT2D eigenvalue weighted by Crippen LogP contribution is -2.09. The zero-order valence-electron chi connectivity index (χ0n) is 9.38. The van der Waals surface area contributed by atoms with Crippen molar-refractivity contribution in [2.45, 2.75) is 12.6 Å². The van der Waals surface area contributed by atoms with Gasteiger partial charge in [-0.1, -0.05) is 17.7 Å². The molecule has 2 nitrogen and oxygen atoms in total. The van der Waals surface area contributed by atoms with Crippen LogP contribution in [0.4, 0.5) is 17.6 Å². The van der Waals surface area contributed by atoms with Crippen LogP contribution in [0.5, 0.6) is 0 Å². The van der Waals surface area contributed by atoms with E-state index in [0.717, 1.165) is 12.1 Å². The van der Waals surface area contributed by atoms with Crippen LogP contribution in [0.3, 0.4) is 0 Å². The Balaban J connectivity index is 2.32. The molecule has 0 amide bonds. The highest BCUT2D eigenvalue weighted by molar-refractivity contribution is 6.29. The molecule has 0 radical (unpaired) electrons. The summed E-state index contributed by atoms with van der Waals surface area (Å²) in [5.41, 5.74) is -0.534. The summed E-state index contributed by atoms with van der Waals surface area (Å²) >= 11 is 5.65. The zero-order chi connectivity index (χ0) is 14.0.